The molecule has 0 saturated heterocycles. The largest absolute Gasteiger partial charge is 0.497 e. The summed E-state index contributed by atoms with van der Waals surface area (Å²) in [7, 11) is 4.63. The molecule has 0 bridgehead atoms. The molecule has 1 aromatic heterocycles. The van der Waals surface area contributed by atoms with E-state index in [4.69, 9.17) is 9.47 Å². The maximum atomic E-state index is 12.3. The van der Waals surface area contributed by atoms with Crippen LogP contribution in [0.1, 0.15) is 17.7 Å². The molecule has 1 amide bonds. The Morgan fingerprint density at radius 2 is 1.46 bits per heavy atom. The van der Waals surface area contributed by atoms with Gasteiger partial charge in [-0.25, -0.2) is 5.06 Å². The first-order valence-electron chi connectivity index (χ1n) is 8.83. The highest BCUT2D eigenvalue weighted by Gasteiger charge is 2.23. The van der Waals surface area contributed by atoms with Crippen LogP contribution in [-0.2, 0) is 4.79 Å². The second kappa shape index (κ2) is 8.46. The van der Waals surface area contributed by atoms with Crippen LogP contribution in [-0.4, -0.2) is 37.4 Å². The Balaban J connectivity index is 2.10. The number of hydrogen-bond acceptors (Lipinski definition) is 5. The van der Waals surface area contributed by atoms with Gasteiger partial charge < -0.3 is 9.47 Å². The number of thiophene rings is 1. The van der Waals surface area contributed by atoms with Crippen molar-refractivity contribution < 1.29 is 19.5 Å². The number of benzene rings is 2. The predicted molar refractivity (Wildman–Crippen MR) is 111 cm³/mol. The van der Waals surface area contributed by atoms with Crippen LogP contribution >= 0.6 is 11.3 Å². The standard InChI is InChI=1S/C22H23NO4S/c1-14(22(24)23(2)25)20-13-19(15-5-9-17(26-3)10-6-15)21(28-20)16-7-11-18(27-4)12-8-16/h5-14,25H,1-4H3. The number of rotatable bonds is 6. The fourth-order valence-electron chi connectivity index (χ4n) is 2.97. The first-order valence-corrected chi connectivity index (χ1v) is 9.65. The molecule has 5 nitrogen and oxygen atoms in total. The van der Waals surface area contributed by atoms with Crippen molar-refractivity contribution in [2.45, 2.75) is 12.8 Å². The maximum Gasteiger partial charge on any atom is 0.253 e. The van der Waals surface area contributed by atoms with Crippen molar-refractivity contribution in [3.05, 3.63) is 59.5 Å². The third-order valence-corrected chi connectivity index (χ3v) is 5.99. The smallest absolute Gasteiger partial charge is 0.253 e. The SMILES string of the molecule is COc1ccc(-c2cc(C(C)C(=O)N(C)O)sc2-c2ccc(OC)cc2)cc1. The molecular weight excluding hydrogens is 374 g/mol. The lowest BCUT2D eigenvalue weighted by atomic mass is 10.00. The molecule has 0 radical (unpaired) electrons. The van der Waals surface area contributed by atoms with Crippen molar-refractivity contribution in [2.75, 3.05) is 21.3 Å². The van der Waals surface area contributed by atoms with E-state index in [1.165, 1.54) is 7.05 Å². The number of likely N-dealkylation sites (N-methyl/N-ethyl adjacent to an activating group) is 1. The summed E-state index contributed by atoms with van der Waals surface area (Å²) < 4.78 is 10.5. The van der Waals surface area contributed by atoms with Crippen LogP contribution in [0.5, 0.6) is 11.5 Å². The summed E-state index contributed by atoms with van der Waals surface area (Å²) in [5.41, 5.74) is 3.11. The zero-order valence-electron chi connectivity index (χ0n) is 16.3. The number of amides is 1. The van der Waals surface area contributed by atoms with Crippen molar-refractivity contribution >= 4 is 17.2 Å². The minimum Gasteiger partial charge on any atom is -0.497 e. The Bertz CT molecular complexity index is 881. The number of carbonyl (C=O) groups excluding carboxylic acids is 1. The van der Waals surface area contributed by atoms with Gasteiger partial charge in [0.2, 0.25) is 0 Å². The number of hydroxylamine groups is 2. The van der Waals surface area contributed by atoms with Crippen LogP contribution in [0.3, 0.4) is 0 Å². The molecule has 0 aliphatic rings. The molecule has 1 N–H and O–H groups in total. The molecule has 0 spiro atoms. The minimum atomic E-state index is -0.441. The zero-order valence-corrected chi connectivity index (χ0v) is 17.1. The van der Waals surface area contributed by atoms with Gasteiger partial charge in [0.05, 0.1) is 20.1 Å². The molecule has 3 rings (SSSR count). The quantitative estimate of drug-likeness (QED) is 0.467. The summed E-state index contributed by atoms with van der Waals surface area (Å²) in [5.74, 6) is 0.792. The molecule has 1 atom stereocenters. The van der Waals surface area contributed by atoms with Gasteiger partial charge in [-0.1, -0.05) is 12.1 Å². The Kier molecular flexibility index (Phi) is 6.02. The van der Waals surface area contributed by atoms with Gasteiger partial charge in [0, 0.05) is 22.4 Å². The highest BCUT2D eigenvalue weighted by atomic mass is 32.1. The summed E-state index contributed by atoms with van der Waals surface area (Å²) >= 11 is 1.55. The van der Waals surface area contributed by atoms with Crippen molar-refractivity contribution in [1.82, 2.24) is 5.06 Å². The minimum absolute atomic E-state index is 0.344. The van der Waals surface area contributed by atoms with Crippen molar-refractivity contribution in [3.63, 3.8) is 0 Å². The number of carbonyl (C=O) groups is 1. The lowest BCUT2D eigenvalue weighted by Crippen LogP contribution is -2.26. The maximum absolute atomic E-state index is 12.3. The molecule has 146 valence electrons. The average molecular weight is 397 g/mol. The number of methoxy groups -OCH3 is 2. The van der Waals surface area contributed by atoms with Crippen LogP contribution in [0.4, 0.5) is 0 Å². The Labute approximate surface area is 168 Å². The second-order valence-corrected chi connectivity index (χ2v) is 7.52. The number of ether oxygens (including phenoxy) is 2. The summed E-state index contributed by atoms with van der Waals surface area (Å²) in [4.78, 5) is 14.2. The van der Waals surface area contributed by atoms with E-state index >= 15 is 0 Å². The van der Waals surface area contributed by atoms with Crippen molar-refractivity contribution in [2.24, 2.45) is 0 Å². The van der Waals surface area contributed by atoms with E-state index in [0.29, 0.717) is 5.06 Å². The van der Waals surface area contributed by atoms with E-state index < -0.39 is 5.92 Å². The highest BCUT2D eigenvalue weighted by molar-refractivity contribution is 7.16. The predicted octanol–water partition coefficient (Wildman–Crippen LogP) is 5.05. The molecular formula is C22H23NO4S. The van der Waals surface area contributed by atoms with Gasteiger partial charge in [-0.3, -0.25) is 10.0 Å². The molecule has 0 aliphatic carbocycles. The lowest BCUT2D eigenvalue weighted by Gasteiger charge is -2.13. The zero-order chi connectivity index (χ0) is 20.3. The molecule has 0 fully saturated rings. The molecule has 3 aromatic rings. The van der Waals surface area contributed by atoms with Crippen LogP contribution in [0.2, 0.25) is 0 Å². The second-order valence-electron chi connectivity index (χ2n) is 6.43. The molecule has 0 saturated carbocycles. The van der Waals surface area contributed by atoms with E-state index in [-0.39, 0.29) is 5.91 Å². The van der Waals surface area contributed by atoms with Crippen LogP contribution in [0.25, 0.3) is 21.6 Å². The number of nitrogens with zero attached hydrogens (tertiary/aromatic N) is 1. The van der Waals surface area contributed by atoms with Gasteiger partial charge in [0.25, 0.3) is 5.91 Å². The van der Waals surface area contributed by atoms with Gasteiger partial charge in [-0.2, -0.15) is 0 Å². The van der Waals surface area contributed by atoms with Crippen LogP contribution in [0, 0.1) is 0 Å². The van der Waals surface area contributed by atoms with E-state index in [9.17, 15) is 10.0 Å². The van der Waals surface area contributed by atoms with Crippen LogP contribution in [0.15, 0.2) is 54.6 Å². The molecule has 0 aliphatic heterocycles. The topological polar surface area (TPSA) is 59.0 Å². The fraction of sp³-hybridized carbons (Fsp3) is 0.227. The monoisotopic (exact) mass is 397 g/mol. The number of hydrogen-bond donors (Lipinski definition) is 1. The summed E-state index contributed by atoms with van der Waals surface area (Å²) in [6, 6.07) is 17.7. The van der Waals surface area contributed by atoms with E-state index in [2.05, 4.69) is 0 Å². The summed E-state index contributed by atoms with van der Waals surface area (Å²) in [5, 5.41) is 10.2. The Hall–Kier alpha value is -2.83. The van der Waals surface area contributed by atoms with Gasteiger partial charge in [-0.15, -0.1) is 11.3 Å². The Morgan fingerprint density at radius 1 is 0.964 bits per heavy atom. The van der Waals surface area contributed by atoms with Crippen molar-refractivity contribution in [1.29, 1.82) is 0 Å². The Morgan fingerprint density at radius 3 is 1.93 bits per heavy atom. The van der Waals surface area contributed by atoms with Crippen LogP contribution < -0.4 is 9.47 Å². The summed E-state index contributed by atoms with van der Waals surface area (Å²) in [6.07, 6.45) is 0. The molecule has 1 unspecified atom stereocenters. The normalized spacial score (nSPS) is 11.8. The van der Waals surface area contributed by atoms with E-state index in [1.54, 1.807) is 32.5 Å². The van der Waals surface area contributed by atoms with Gasteiger partial charge in [-0.05, 0) is 60.5 Å². The van der Waals surface area contributed by atoms with E-state index in [0.717, 1.165) is 37.9 Å². The van der Waals surface area contributed by atoms with Gasteiger partial charge >= 0.3 is 0 Å². The molecule has 2 aromatic carbocycles. The molecule has 28 heavy (non-hydrogen) atoms. The first kappa shape index (κ1) is 19.9. The van der Waals surface area contributed by atoms with Gasteiger partial charge in [0.15, 0.2) is 0 Å². The highest BCUT2D eigenvalue weighted by Crippen LogP contribution is 2.42. The first-order chi connectivity index (χ1) is 13.4. The lowest BCUT2D eigenvalue weighted by molar-refractivity contribution is -0.160. The summed E-state index contributed by atoms with van der Waals surface area (Å²) in [6.45, 7) is 1.80. The average Bonchev–Trinajstić information content (AvgIpc) is 3.18. The van der Waals surface area contributed by atoms with Crippen molar-refractivity contribution in [3.8, 4) is 33.1 Å². The van der Waals surface area contributed by atoms with E-state index in [1.807, 2.05) is 54.6 Å². The molecule has 6 heteroatoms. The molecule has 1 heterocycles. The van der Waals surface area contributed by atoms with Gasteiger partial charge in [0.1, 0.15) is 11.5 Å². The fourth-order valence-corrected chi connectivity index (χ4v) is 4.20. The third kappa shape index (κ3) is 4.03. The third-order valence-electron chi connectivity index (χ3n) is 4.62.